The molecule has 2 heterocycles. The van der Waals surface area contributed by atoms with Gasteiger partial charge in [0.1, 0.15) is 18.1 Å². The van der Waals surface area contributed by atoms with Crippen LogP contribution in [0.5, 0.6) is 11.5 Å². The summed E-state index contributed by atoms with van der Waals surface area (Å²) in [4.78, 5) is 19.2. The van der Waals surface area contributed by atoms with Crippen molar-refractivity contribution in [3.8, 4) is 22.6 Å². The van der Waals surface area contributed by atoms with Crippen molar-refractivity contribution in [3.05, 3.63) is 78.1 Å². The molecule has 0 spiro atoms. The Morgan fingerprint density at radius 3 is 2.87 bits per heavy atom. The number of fused-ring (bicyclic) bond motifs is 1. The van der Waals surface area contributed by atoms with E-state index in [9.17, 15) is 4.79 Å². The van der Waals surface area contributed by atoms with Crippen LogP contribution in [0.15, 0.2) is 67.0 Å². The molecule has 5 heteroatoms. The fourth-order valence-corrected chi connectivity index (χ4v) is 3.75. The van der Waals surface area contributed by atoms with E-state index in [0.717, 1.165) is 33.8 Å². The van der Waals surface area contributed by atoms with E-state index in [2.05, 4.69) is 11.1 Å². The van der Waals surface area contributed by atoms with Crippen LogP contribution in [0.25, 0.3) is 11.1 Å². The van der Waals surface area contributed by atoms with Gasteiger partial charge < -0.3 is 14.4 Å². The summed E-state index contributed by atoms with van der Waals surface area (Å²) in [7, 11) is 1.65. The highest BCUT2D eigenvalue weighted by Crippen LogP contribution is 2.30. The number of carbonyl (C=O) groups is 1. The van der Waals surface area contributed by atoms with Crippen LogP contribution in [0.1, 0.15) is 24.5 Å². The molecule has 0 radical (unpaired) electrons. The van der Waals surface area contributed by atoms with Crippen LogP contribution >= 0.6 is 0 Å². The summed E-state index contributed by atoms with van der Waals surface area (Å²) in [5, 5.41) is 0. The average molecular weight is 402 g/mol. The standard InChI is InChI=1S/C25H26N2O3/c1-18-17-30-24-10-9-20(21-6-4-12-26-15-21)14-22(24)16-27(18)25(28)11-8-19-5-3-7-23(13-19)29-2/h3-7,9-10,12-15,18H,8,11,16-17H2,1-2H3/t18-/m0/s1. The van der Waals surface area contributed by atoms with Gasteiger partial charge in [0.05, 0.1) is 13.2 Å². The van der Waals surface area contributed by atoms with E-state index in [4.69, 9.17) is 9.47 Å². The zero-order valence-electron chi connectivity index (χ0n) is 17.4. The molecule has 1 atom stereocenters. The molecule has 5 nitrogen and oxygen atoms in total. The summed E-state index contributed by atoms with van der Waals surface area (Å²) in [6.45, 7) is 3.07. The molecule has 1 aliphatic rings. The molecule has 0 N–H and O–H groups in total. The van der Waals surface area contributed by atoms with Crippen LogP contribution in [-0.4, -0.2) is 35.5 Å². The number of hydrogen-bond donors (Lipinski definition) is 0. The van der Waals surface area contributed by atoms with Crippen LogP contribution < -0.4 is 9.47 Å². The number of amides is 1. The first-order valence-corrected chi connectivity index (χ1v) is 10.2. The summed E-state index contributed by atoms with van der Waals surface area (Å²) in [6.07, 6.45) is 4.75. The molecule has 1 aliphatic heterocycles. The molecule has 4 rings (SSSR count). The molecule has 0 aliphatic carbocycles. The SMILES string of the molecule is COc1cccc(CCC(=O)N2Cc3cc(-c4cccnc4)ccc3OC[C@@H]2C)c1. The van der Waals surface area contributed by atoms with E-state index < -0.39 is 0 Å². The highest BCUT2D eigenvalue weighted by atomic mass is 16.5. The van der Waals surface area contributed by atoms with Gasteiger partial charge in [-0.15, -0.1) is 0 Å². The first kappa shape index (κ1) is 20.0. The molecule has 0 saturated carbocycles. The normalized spacial score (nSPS) is 15.7. The van der Waals surface area contributed by atoms with Crippen LogP contribution in [0, 0.1) is 0 Å². The van der Waals surface area contributed by atoms with E-state index in [-0.39, 0.29) is 11.9 Å². The molecule has 0 saturated heterocycles. The van der Waals surface area contributed by atoms with Gasteiger partial charge >= 0.3 is 0 Å². The second kappa shape index (κ2) is 8.99. The minimum Gasteiger partial charge on any atom is -0.497 e. The third-order valence-corrected chi connectivity index (χ3v) is 5.49. The lowest BCUT2D eigenvalue weighted by atomic mass is 10.0. The molecule has 1 aromatic heterocycles. The number of aryl methyl sites for hydroxylation is 1. The fourth-order valence-electron chi connectivity index (χ4n) is 3.75. The lowest BCUT2D eigenvalue weighted by Gasteiger charge is -2.26. The number of benzene rings is 2. The smallest absolute Gasteiger partial charge is 0.223 e. The van der Waals surface area contributed by atoms with Gasteiger partial charge in [-0.25, -0.2) is 0 Å². The third-order valence-electron chi connectivity index (χ3n) is 5.49. The maximum absolute atomic E-state index is 13.1. The van der Waals surface area contributed by atoms with Crippen LogP contribution in [0.2, 0.25) is 0 Å². The van der Waals surface area contributed by atoms with Crippen molar-refractivity contribution in [1.29, 1.82) is 0 Å². The van der Waals surface area contributed by atoms with Gasteiger partial charge in [-0.2, -0.15) is 0 Å². The van der Waals surface area contributed by atoms with Crippen LogP contribution in [-0.2, 0) is 17.8 Å². The van der Waals surface area contributed by atoms with E-state index in [1.807, 2.05) is 66.6 Å². The molecule has 2 aromatic carbocycles. The van der Waals surface area contributed by atoms with Gasteiger partial charge in [0, 0.05) is 36.5 Å². The van der Waals surface area contributed by atoms with Crippen molar-refractivity contribution in [1.82, 2.24) is 9.88 Å². The lowest BCUT2D eigenvalue weighted by Crippen LogP contribution is -2.39. The first-order chi connectivity index (χ1) is 14.6. The minimum atomic E-state index is 0.0112. The average Bonchev–Trinajstić information content (AvgIpc) is 2.96. The van der Waals surface area contributed by atoms with Gasteiger partial charge in [-0.05, 0) is 54.8 Å². The highest BCUT2D eigenvalue weighted by molar-refractivity contribution is 5.77. The number of rotatable bonds is 5. The Hall–Kier alpha value is -3.34. The van der Waals surface area contributed by atoms with Crippen molar-refractivity contribution in [2.75, 3.05) is 13.7 Å². The fraction of sp³-hybridized carbons (Fsp3) is 0.280. The number of aromatic nitrogens is 1. The molecular formula is C25H26N2O3. The zero-order valence-corrected chi connectivity index (χ0v) is 17.4. The van der Waals surface area contributed by atoms with Gasteiger partial charge in [0.2, 0.25) is 5.91 Å². The Morgan fingerprint density at radius 1 is 1.17 bits per heavy atom. The Balaban J connectivity index is 1.50. The highest BCUT2D eigenvalue weighted by Gasteiger charge is 2.25. The lowest BCUT2D eigenvalue weighted by molar-refractivity contribution is -0.134. The molecule has 1 amide bonds. The Kier molecular flexibility index (Phi) is 5.98. The van der Waals surface area contributed by atoms with Crippen molar-refractivity contribution < 1.29 is 14.3 Å². The number of hydrogen-bond acceptors (Lipinski definition) is 4. The Bertz CT molecular complexity index is 1020. The van der Waals surface area contributed by atoms with Gasteiger partial charge in [-0.1, -0.05) is 24.3 Å². The van der Waals surface area contributed by atoms with Crippen molar-refractivity contribution in [2.24, 2.45) is 0 Å². The van der Waals surface area contributed by atoms with E-state index in [1.54, 1.807) is 13.3 Å². The monoisotopic (exact) mass is 402 g/mol. The Morgan fingerprint density at radius 2 is 2.07 bits per heavy atom. The number of pyridine rings is 1. The van der Waals surface area contributed by atoms with Gasteiger partial charge in [0.15, 0.2) is 0 Å². The summed E-state index contributed by atoms with van der Waals surface area (Å²) < 4.78 is 11.3. The largest absolute Gasteiger partial charge is 0.497 e. The van der Waals surface area contributed by atoms with Gasteiger partial charge in [0.25, 0.3) is 0 Å². The van der Waals surface area contributed by atoms with Crippen LogP contribution in [0.4, 0.5) is 0 Å². The molecule has 3 aromatic rings. The van der Waals surface area contributed by atoms with E-state index in [1.165, 1.54) is 0 Å². The molecule has 30 heavy (non-hydrogen) atoms. The number of nitrogens with zero attached hydrogens (tertiary/aromatic N) is 2. The molecule has 0 fully saturated rings. The van der Waals surface area contributed by atoms with Gasteiger partial charge in [-0.3, -0.25) is 9.78 Å². The predicted molar refractivity (Wildman–Crippen MR) is 116 cm³/mol. The van der Waals surface area contributed by atoms with E-state index in [0.29, 0.717) is 26.0 Å². The zero-order chi connectivity index (χ0) is 20.9. The number of carbonyl (C=O) groups excluding carboxylic acids is 1. The second-order valence-electron chi connectivity index (χ2n) is 7.60. The summed E-state index contributed by atoms with van der Waals surface area (Å²) in [5.41, 5.74) is 4.24. The topological polar surface area (TPSA) is 51.7 Å². The second-order valence-corrected chi connectivity index (χ2v) is 7.60. The molecule has 154 valence electrons. The van der Waals surface area contributed by atoms with E-state index >= 15 is 0 Å². The quantitative estimate of drug-likeness (QED) is 0.631. The van der Waals surface area contributed by atoms with Crippen molar-refractivity contribution in [3.63, 3.8) is 0 Å². The maximum Gasteiger partial charge on any atom is 0.223 e. The van der Waals surface area contributed by atoms with Crippen molar-refractivity contribution in [2.45, 2.75) is 32.4 Å². The third kappa shape index (κ3) is 4.46. The van der Waals surface area contributed by atoms with Crippen molar-refractivity contribution >= 4 is 5.91 Å². The predicted octanol–water partition coefficient (Wildman–Crippen LogP) is 4.50. The summed E-state index contributed by atoms with van der Waals surface area (Å²) in [6, 6.07) is 18.0. The van der Waals surface area contributed by atoms with Crippen LogP contribution in [0.3, 0.4) is 0 Å². The summed E-state index contributed by atoms with van der Waals surface area (Å²) >= 11 is 0. The minimum absolute atomic E-state index is 0.0112. The maximum atomic E-state index is 13.1. The Labute approximate surface area is 177 Å². The number of methoxy groups -OCH3 is 1. The first-order valence-electron chi connectivity index (χ1n) is 10.2. The molecule has 0 unspecified atom stereocenters. The number of ether oxygens (including phenoxy) is 2. The molecular weight excluding hydrogens is 376 g/mol. The summed E-state index contributed by atoms with van der Waals surface area (Å²) in [5.74, 6) is 1.79. The molecule has 0 bridgehead atoms.